The van der Waals surface area contributed by atoms with Crippen LogP contribution in [0.2, 0.25) is 0 Å². The Balaban J connectivity index is 1.34. The Labute approximate surface area is 181 Å². The van der Waals surface area contributed by atoms with Gasteiger partial charge in [-0.05, 0) is 54.8 Å². The van der Waals surface area contributed by atoms with E-state index in [4.69, 9.17) is 0 Å². The van der Waals surface area contributed by atoms with Crippen LogP contribution in [0.5, 0.6) is 0 Å². The number of para-hydroxylation sites is 1. The van der Waals surface area contributed by atoms with Crippen molar-refractivity contribution < 1.29 is 9.59 Å². The number of benzene rings is 3. The quantitative estimate of drug-likeness (QED) is 0.605. The normalized spacial score (nSPS) is 13.6. The van der Waals surface area contributed by atoms with Crippen molar-refractivity contribution in [2.24, 2.45) is 0 Å². The van der Waals surface area contributed by atoms with Crippen molar-refractivity contribution in [3.8, 4) is 0 Å². The maximum Gasteiger partial charge on any atom is 0.258 e. The van der Waals surface area contributed by atoms with E-state index in [2.05, 4.69) is 23.5 Å². The van der Waals surface area contributed by atoms with Gasteiger partial charge in [0.2, 0.25) is 5.91 Å². The van der Waals surface area contributed by atoms with E-state index in [1.807, 2.05) is 48.2 Å². The number of thioether (sulfide) groups is 1. The molecule has 0 saturated carbocycles. The fourth-order valence-corrected chi connectivity index (χ4v) is 4.36. The Morgan fingerprint density at radius 1 is 0.967 bits per heavy atom. The van der Waals surface area contributed by atoms with Crippen molar-refractivity contribution in [1.29, 1.82) is 0 Å². The SMILES string of the molecule is CC(SCc1ccccc1)C(=O)Nc1ccc(C(=O)N2CCc3ccccc32)cc1. The van der Waals surface area contributed by atoms with Gasteiger partial charge in [-0.3, -0.25) is 9.59 Å². The fraction of sp³-hybridized carbons (Fsp3) is 0.200. The van der Waals surface area contributed by atoms with Crippen molar-refractivity contribution in [3.05, 3.63) is 95.6 Å². The zero-order valence-corrected chi connectivity index (χ0v) is 17.7. The van der Waals surface area contributed by atoms with Crippen molar-refractivity contribution >= 4 is 35.0 Å². The number of rotatable bonds is 6. The lowest BCUT2D eigenvalue weighted by atomic mass is 10.1. The van der Waals surface area contributed by atoms with Gasteiger partial charge < -0.3 is 10.2 Å². The van der Waals surface area contributed by atoms with Gasteiger partial charge in [0.15, 0.2) is 0 Å². The highest BCUT2D eigenvalue weighted by Gasteiger charge is 2.25. The summed E-state index contributed by atoms with van der Waals surface area (Å²) in [7, 11) is 0. The first-order valence-electron chi connectivity index (χ1n) is 10.1. The van der Waals surface area contributed by atoms with Crippen LogP contribution in [0.15, 0.2) is 78.9 Å². The summed E-state index contributed by atoms with van der Waals surface area (Å²) in [6.45, 7) is 2.61. The van der Waals surface area contributed by atoms with E-state index in [0.29, 0.717) is 17.8 Å². The van der Waals surface area contributed by atoms with E-state index in [1.165, 1.54) is 11.1 Å². The second kappa shape index (κ2) is 9.18. The van der Waals surface area contributed by atoms with Crippen LogP contribution in [-0.4, -0.2) is 23.6 Å². The average molecular weight is 417 g/mol. The highest BCUT2D eigenvalue weighted by atomic mass is 32.2. The molecule has 0 aromatic heterocycles. The molecular formula is C25H24N2O2S. The first kappa shape index (κ1) is 20.2. The monoisotopic (exact) mass is 416 g/mol. The van der Waals surface area contributed by atoms with Gasteiger partial charge >= 0.3 is 0 Å². The zero-order chi connectivity index (χ0) is 20.9. The van der Waals surface area contributed by atoms with Gasteiger partial charge in [0.25, 0.3) is 5.91 Å². The summed E-state index contributed by atoms with van der Waals surface area (Å²) in [5, 5.41) is 2.77. The second-order valence-corrected chi connectivity index (χ2v) is 8.67. The van der Waals surface area contributed by atoms with E-state index >= 15 is 0 Å². The molecular weight excluding hydrogens is 392 g/mol. The molecule has 1 N–H and O–H groups in total. The molecule has 0 bridgehead atoms. The van der Waals surface area contributed by atoms with Crippen molar-refractivity contribution in [3.63, 3.8) is 0 Å². The Hall–Kier alpha value is -3.05. The second-order valence-electron chi connectivity index (χ2n) is 7.34. The third-order valence-corrected chi connectivity index (χ3v) is 6.46. The molecule has 3 aromatic rings. The van der Waals surface area contributed by atoms with E-state index < -0.39 is 0 Å². The Bertz CT molecular complexity index is 1030. The lowest BCUT2D eigenvalue weighted by Gasteiger charge is -2.18. The number of nitrogens with one attached hydrogen (secondary N) is 1. The summed E-state index contributed by atoms with van der Waals surface area (Å²) >= 11 is 1.60. The molecule has 1 aliphatic rings. The molecule has 5 heteroatoms. The van der Waals surface area contributed by atoms with Gasteiger partial charge in [0.1, 0.15) is 0 Å². The summed E-state index contributed by atoms with van der Waals surface area (Å²) in [4.78, 5) is 27.2. The van der Waals surface area contributed by atoms with Crippen molar-refractivity contribution in [2.45, 2.75) is 24.3 Å². The number of hydrogen-bond donors (Lipinski definition) is 1. The molecule has 2 amide bonds. The minimum Gasteiger partial charge on any atom is -0.325 e. The molecule has 0 spiro atoms. The molecule has 1 unspecified atom stereocenters. The number of nitrogens with zero attached hydrogens (tertiary/aromatic N) is 1. The predicted molar refractivity (Wildman–Crippen MR) is 124 cm³/mol. The van der Waals surface area contributed by atoms with Crippen LogP contribution in [0.4, 0.5) is 11.4 Å². The minimum absolute atomic E-state index is 0.00962. The lowest BCUT2D eigenvalue weighted by Crippen LogP contribution is -2.28. The number of fused-ring (bicyclic) bond motifs is 1. The molecule has 3 aromatic carbocycles. The Morgan fingerprint density at radius 3 is 2.43 bits per heavy atom. The summed E-state index contributed by atoms with van der Waals surface area (Å²) in [6.07, 6.45) is 0.884. The van der Waals surface area contributed by atoms with E-state index in [-0.39, 0.29) is 17.1 Å². The maximum atomic E-state index is 12.9. The molecule has 0 aliphatic carbocycles. The molecule has 0 saturated heterocycles. The highest BCUT2D eigenvalue weighted by molar-refractivity contribution is 7.99. The number of carbonyl (C=O) groups excluding carboxylic acids is 2. The molecule has 1 aliphatic heterocycles. The highest BCUT2D eigenvalue weighted by Crippen LogP contribution is 2.29. The summed E-state index contributed by atoms with van der Waals surface area (Å²) in [6, 6.07) is 25.3. The maximum absolute atomic E-state index is 12.9. The zero-order valence-electron chi connectivity index (χ0n) is 16.9. The largest absolute Gasteiger partial charge is 0.325 e. The predicted octanol–water partition coefficient (Wildman–Crippen LogP) is 5.15. The van der Waals surface area contributed by atoms with Crippen molar-refractivity contribution in [2.75, 3.05) is 16.8 Å². The Kier molecular flexibility index (Phi) is 6.19. The standard InChI is InChI=1S/C25H24N2O2S/c1-18(30-17-19-7-3-2-4-8-19)24(28)26-22-13-11-21(12-14-22)25(29)27-16-15-20-9-5-6-10-23(20)27/h2-14,18H,15-17H2,1H3,(H,26,28). The van der Waals surface area contributed by atoms with Crippen LogP contribution in [0, 0.1) is 0 Å². The first-order chi connectivity index (χ1) is 14.6. The summed E-state index contributed by atoms with van der Waals surface area (Å²) < 4.78 is 0. The number of carbonyl (C=O) groups is 2. The van der Waals surface area contributed by atoms with Crippen LogP contribution in [0.1, 0.15) is 28.4 Å². The Morgan fingerprint density at radius 2 is 1.67 bits per heavy atom. The number of amides is 2. The fourth-order valence-electron chi connectivity index (χ4n) is 3.52. The average Bonchev–Trinajstić information content (AvgIpc) is 3.22. The van der Waals surface area contributed by atoms with Gasteiger partial charge in [-0.1, -0.05) is 48.5 Å². The minimum atomic E-state index is -0.174. The molecule has 1 atom stereocenters. The molecule has 4 rings (SSSR count). The smallest absolute Gasteiger partial charge is 0.258 e. The first-order valence-corrected chi connectivity index (χ1v) is 11.1. The van der Waals surface area contributed by atoms with Gasteiger partial charge in [0.05, 0.1) is 5.25 Å². The van der Waals surface area contributed by atoms with Crippen LogP contribution in [0.25, 0.3) is 0 Å². The van der Waals surface area contributed by atoms with Crippen LogP contribution >= 0.6 is 11.8 Å². The third kappa shape index (κ3) is 4.57. The number of hydrogen-bond acceptors (Lipinski definition) is 3. The van der Waals surface area contributed by atoms with Crippen LogP contribution in [-0.2, 0) is 17.0 Å². The molecule has 0 radical (unpaired) electrons. The van der Waals surface area contributed by atoms with Gasteiger partial charge in [0, 0.05) is 29.2 Å². The summed E-state index contributed by atoms with van der Waals surface area (Å²) in [5.41, 5.74) is 4.72. The topological polar surface area (TPSA) is 49.4 Å². The van der Waals surface area contributed by atoms with Gasteiger partial charge in [-0.25, -0.2) is 0 Å². The lowest BCUT2D eigenvalue weighted by molar-refractivity contribution is -0.115. The van der Waals surface area contributed by atoms with E-state index in [9.17, 15) is 9.59 Å². The van der Waals surface area contributed by atoms with E-state index in [0.717, 1.165) is 17.9 Å². The van der Waals surface area contributed by atoms with Crippen LogP contribution in [0.3, 0.4) is 0 Å². The van der Waals surface area contributed by atoms with E-state index in [1.54, 1.807) is 36.0 Å². The molecule has 0 fully saturated rings. The van der Waals surface area contributed by atoms with Crippen LogP contribution < -0.4 is 10.2 Å². The molecule has 30 heavy (non-hydrogen) atoms. The van der Waals surface area contributed by atoms with Gasteiger partial charge in [-0.15, -0.1) is 11.8 Å². The number of anilines is 2. The molecule has 1 heterocycles. The molecule has 152 valence electrons. The summed E-state index contributed by atoms with van der Waals surface area (Å²) in [5.74, 6) is 0.744. The third-order valence-electron chi connectivity index (χ3n) is 5.24. The van der Waals surface area contributed by atoms with Crippen molar-refractivity contribution in [1.82, 2.24) is 0 Å². The van der Waals surface area contributed by atoms with Gasteiger partial charge in [-0.2, -0.15) is 0 Å². The molecule has 4 nitrogen and oxygen atoms in total.